The molecule has 67 valence electrons. The molecule has 0 aromatic carbocycles. The molecule has 0 saturated carbocycles. The second-order valence-corrected chi connectivity index (χ2v) is 2.58. The summed E-state index contributed by atoms with van der Waals surface area (Å²) in [6.07, 6.45) is -1.94. The van der Waals surface area contributed by atoms with Crippen molar-refractivity contribution in [2.75, 3.05) is 0 Å². The van der Waals surface area contributed by atoms with Crippen LogP contribution in [0.2, 0.25) is 0 Å². The van der Waals surface area contributed by atoms with E-state index in [1.54, 1.807) is 0 Å². The monoisotopic (exact) mass is 185 g/mol. The Labute approximate surface area is 72.1 Å². The van der Waals surface area contributed by atoms with Gasteiger partial charge in [0, 0.05) is 5.56 Å². The van der Waals surface area contributed by atoms with Crippen LogP contribution in [0.15, 0.2) is 29.1 Å². The van der Waals surface area contributed by atoms with Crippen LogP contribution < -0.4 is 0 Å². The second kappa shape index (κ2) is 2.52. The average Bonchev–Trinajstić information content (AvgIpc) is 2.45. The van der Waals surface area contributed by atoms with E-state index in [9.17, 15) is 13.2 Å². The number of fused-ring (bicyclic) bond motifs is 1. The summed E-state index contributed by atoms with van der Waals surface area (Å²) in [6, 6.07) is 4.89. The van der Waals surface area contributed by atoms with E-state index in [2.05, 4.69) is 10.5 Å². The first-order valence-electron chi connectivity index (χ1n) is 3.53. The normalized spacial score (nSPS) is 12.2. The lowest BCUT2D eigenvalue weighted by Gasteiger charge is -2.06. The molecule has 0 fully saturated rings. The molecule has 0 atom stereocenters. The van der Waals surface area contributed by atoms with E-state index >= 15 is 0 Å². The Kier molecular flexibility index (Phi) is 1.58. The quantitative estimate of drug-likeness (QED) is 0.614. The van der Waals surface area contributed by atoms with Crippen LogP contribution in [0.1, 0.15) is 5.56 Å². The largest absolute Gasteiger partial charge is 0.472 e. The Balaban J connectivity index is 2.62. The van der Waals surface area contributed by atoms with E-state index in [4.69, 9.17) is 0 Å². The third kappa shape index (κ3) is 1.28. The van der Waals surface area contributed by atoms with E-state index < -0.39 is 11.7 Å². The molecule has 0 aromatic rings. The van der Waals surface area contributed by atoms with Crippen LogP contribution in [0.3, 0.4) is 0 Å². The van der Waals surface area contributed by atoms with Gasteiger partial charge in [-0.25, -0.2) is 0 Å². The fourth-order valence-corrected chi connectivity index (χ4v) is 1.16. The molecule has 0 amide bonds. The zero-order valence-corrected chi connectivity index (χ0v) is 6.35. The van der Waals surface area contributed by atoms with Gasteiger partial charge in [-0.1, -0.05) is 0 Å². The van der Waals surface area contributed by atoms with Crippen molar-refractivity contribution in [3.8, 4) is 11.1 Å². The molecular formula is C9H4F3O. The number of rotatable bonds is 0. The third-order valence-corrected chi connectivity index (χ3v) is 1.76. The van der Waals surface area contributed by atoms with Gasteiger partial charge in [0.25, 0.3) is 0 Å². The SMILES string of the molecule is FC(F)(F)c1c[c]c2ccocc1-2. The maximum absolute atomic E-state index is 12.3. The second-order valence-electron chi connectivity index (χ2n) is 2.58. The van der Waals surface area contributed by atoms with Gasteiger partial charge in [-0.05, 0) is 23.8 Å². The lowest BCUT2D eigenvalue weighted by atomic mass is 10.1. The Morgan fingerprint density at radius 2 is 2.08 bits per heavy atom. The fraction of sp³-hybridized carbons (Fsp3) is 0.111. The summed E-state index contributed by atoms with van der Waals surface area (Å²) in [5.74, 6) is 0. The molecule has 1 aliphatic heterocycles. The first-order valence-corrected chi connectivity index (χ1v) is 3.53. The van der Waals surface area contributed by atoms with Gasteiger partial charge in [0.1, 0.15) is 0 Å². The van der Waals surface area contributed by atoms with E-state index in [1.165, 1.54) is 12.3 Å². The molecule has 1 radical (unpaired) electrons. The molecule has 1 aliphatic carbocycles. The zero-order chi connectivity index (χ0) is 9.47. The molecule has 1 heterocycles. The highest BCUT2D eigenvalue weighted by Gasteiger charge is 2.35. The summed E-state index contributed by atoms with van der Waals surface area (Å²) in [7, 11) is 0. The minimum Gasteiger partial charge on any atom is -0.472 e. The van der Waals surface area contributed by atoms with Gasteiger partial charge in [0.2, 0.25) is 0 Å². The van der Waals surface area contributed by atoms with E-state index in [-0.39, 0.29) is 5.56 Å². The number of halogens is 3. The molecule has 1 nitrogen and oxygen atoms in total. The predicted molar refractivity (Wildman–Crippen MR) is 39.2 cm³/mol. The maximum Gasteiger partial charge on any atom is 0.417 e. The average molecular weight is 185 g/mol. The smallest absolute Gasteiger partial charge is 0.417 e. The molecule has 4 heteroatoms. The lowest BCUT2D eigenvalue weighted by molar-refractivity contribution is -0.136. The first kappa shape index (κ1) is 8.16. The minimum absolute atomic E-state index is 0.0509. The highest BCUT2D eigenvalue weighted by molar-refractivity contribution is 5.69. The molecule has 0 spiro atoms. The van der Waals surface area contributed by atoms with Crippen molar-refractivity contribution in [3.63, 3.8) is 0 Å². The van der Waals surface area contributed by atoms with Crippen molar-refractivity contribution in [1.29, 1.82) is 0 Å². The van der Waals surface area contributed by atoms with Gasteiger partial charge >= 0.3 is 6.18 Å². The van der Waals surface area contributed by atoms with Crippen molar-refractivity contribution in [3.05, 3.63) is 36.3 Å². The predicted octanol–water partition coefficient (Wildman–Crippen LogP) is 3.20. The summed E-state index contributed by atoms with van der Waals surface area (Å²) in [4.78, 5) is 0. The van der Waals surface area contributed by atoms with Crippen LogP contribution in [-0.2, 0) is 6.18 Å². The molecule has 2 rings (SSSR count). The Bertz CT molecular complexity index is 388. The number of hydrogen-bond acceptors (Lipinski definition) is 1. The number of alkyl halides is 3. The maximum atomic E-state index is 12.3. The van der Waals surface area contributed by atoms with Crippen LogP contribution in [0.25, 0.3) is 11.1 Å². The van der Waals surface area contributed by atoms with Gasteiger partial charge in [-0.2, -0.15) is 13.2 Å². The van der Waals surface area contributed by atoms with Crippen LogP contribution in [0.4, 0.5) is 13.2 Å². The van der Waals surface area contributed by atoms with Crippen molar-refractivity contribution in [2.45, 2.75) is 6.18 Å². The summed E-state index contributed by atoms with van der Waals surface area (Å²) in [5.41, 5.74) is -0.236. The van der Waals surface area contributed by atoms with Gasteiger partial charge in [0.05, 0.1) is 18.1 Å². The van der Waals surface area contributed by atoms with Crippen LogP contribution in [0.5, 0.6) is 0 Å². The summed E-state index contributed by atoms with van der Waals surface area (Å²) in [6.45, 7) is 0. The van der Waals surface area contributed by atoms with Crippen molar-refractivity contribution in [2.24, 2.45) is 0 Å². The summed E-state index contributed by atoms with van der Waals surface area (Å²) in [5, 5.41) is 0. The van der Waals surface area contributed by atoms with Crippen molar-refractivity contribution in [1.82, 2.24) is 0 Å². The lowest BCUT2D eigenvalue weighted by Crippen LogP contribution is -2.04. The molecule has 13 heavy (non-hydrogen) atoms. The summed E-state index contributed by atoms with van der Waals surface area (Å²) >= 11 is 0. The molecule has 0 N–H and O–H groups in total. The molecular weight excluding hydrogens is 181 g/mol. The zero-order valence-electron chi connectivity index (χ0n) is 6.35. The Morgan fingerprint density at radius 3 is 2.77 bits per heavy atom. The molecule has 2 aliphatic rings. The van der Waals surface area contributed by atoms with Gasteiger partial charge in [-0.15, -0.1) is 0 Å². The molecule has 0 bridgehead atoms. The summed E-state index contributed by atoms with van der Waals surface area (Å²) < 4.78 is 41.5. The van der Waals surface area contributed by atoms with E-state index in [0.717, 1.165) is 12.3 Å². The van der Waals surface area contributed by atoms with Gasteiger partial charge < -0.3 is 4.42 Å². The fourth-order valence-electron chi connectivity index (χ4n) is 1.16. The van der Waals surface area contributed by atoms with Crippen LogP contribution in [-0.4, -0.2) is 0 Å². The Morgan fingerprint density at radius 1 is 1.31 bits per heavy atom. The molecule has 0 aromatic heterocycles. The number of hydrogen-bond donors (Lipinski definition) is 0. The highest BCUT2D eigenvalue weighted by atomic mass is 19.4. The third-order valence-electron chi connectivity index (χ3n) is 1.76. The minimum atomic E-state index is -4.34. The standard InChI is InChI=1S/C9H4F3O/c10-9(11,12)8-2-1-6-3-4-13-5-7(6)8/h2-5H. The molecule has 0 unspecified atom stereocenters. The van der Waals surface area contributed by atoms with Crippen molar-refractivity contribution >= 4 is 0 Å². The van der Waals surface area contributed by atoms with Crippen LogP contribution in [0, 0.1) is 6.07 Å². The van der Waals surface area contributed by atoms with Crippen LogP contribution >= 0.6 is 0 Å². The van der Waals surface area contributed by atoms with E-state index in [1.807, 2.05) is 0 Å². The van der Waals surface area contributed by atoms with Gasteiger partial charge in [-0.3, -0.25) is 0 Å². The Hall–Kier alpha value is -1.45. The molecule has 0 saturated heterocycles. The van der Waals surface area contributed by atoms with Crippen molar-refractivity contribution < 1.29 is 17.6 Å². The first-order chi connectivity index (χ1) is 6.09. The van der Waals surface area contributed by atoms with Gasteiger partial charge in [0.15, 0.2) is 0 Å². The highest BCUT2D eigenvalue weighted by Crippen LogP contribution is 2.38. The topological polar surface area (TPSA) is 13.1 Å². The van der Waals surface area contributed by atoms with E-state index in [0.29, 0.717) is 5.56 Å².